The van der Waals surface area contributed by atoms with Crippen LogP contribution in [0.2, 0.25) is 0 Å². The van der Waals surface area contributed by atoms with Crippen LogP contribution in [-0.4, -0.2) is 97.0 Å². The number of aromatic nitrogens is 9. The van der Waals surface area contributed by atoms with Crippen molar-refractivity contribution in [3.63, 3.8) is 0 Å². The molecule has 2 saturated heterocycles. The van der Waals surface area contributed by atoms with Crippen molar-refractivity contribution < 1.29 is 42.3 Å². The number of fused-ring (bicyclic) bond motifs is 4. The molecule has 0 amide bonds. The number of phosphoric ester groups is 1. The quantitative estimate of drug-likeness (QED) is 0.140. The number of imidazole rings is 1. The van der Waals surface area contributed by atoms with Crippen LogP contribution in [0.3, 0.4) is 0 Å². The highest BCUT2D eigenvalue weighted by Gasteiger charge is 2.68. The number of hydrogen-bond donors (Lipinski definition) is 6. The zero-order chi connectivity index (χ0) is 32.2. The smallest absolute Gasteiger partial charge is 0.388 e. The van der Waals surface area contributed by atoms with E-state index in [2.05, 4.69) is 35.2 Å². The van der Waals surface area contributed by atoms with Crippen molar-refractivity contribution in [1.82, 2.24) is 44.5 Å². The van der Waals surface area contributed by atoms with Crippen LogP contribution in [0.4, 0.5) is 11.8 Å². The lowest BCUT2D eigenvalue weighted by Gasteiger charge is -2.49. The van der Waals surface area contributed by atoms with Crippen molar-refractivity contribution in [2.75, 3.05) is 24.7 Å². The van der Waals surface area contributed by atoms with E-state index in [0.717, 1.165) is 4.68 Å². The number of phosphoric acid groups is 1. The molecule has 0 aromatic carbocycles. The average molecular weight is 700 g/mol. The molecule has 3 unspecified atom stereocenters. The number of nitrogen functional groups attached to an aromatic ring is 2. The minimum Gasteiger partial charge on any atom is -0.388 e. The van der Waals surface area contributed by atoms with Gasteiger partial charge in [0, 0.05) is 11.8 Å². The first-order valence-corrected chi connectivity index (χ1v) is 18.1. The Morgan fingerprint density at radius 3 is 2.74 bits per heavy atom. The number of aliphatic hydroxyl groups excluding tert-OH is 1. The fourth-order valence-corrected chi connectivity index (χ4v) is 9.59. The summed E-state index contributed by atoms with van der Waals surface area (Å²) in [6.07, 6.45) is -2.12. The van der Waals surface area contributed by atoms with Crippen molar-refractivity contribution in [2.24, 2.45) is 11.3 Å². The monoisotopic (exact) mass is 699 g/mol. The number of ether oxygens (including phenoxy) is 1. The number of nitrogens with one attached hydrogen (secondary N) is 1. The standard InChI is InChI=1S/C22H27N11O10P2S/c23-16-11-17(26-6-25-16)32(7-27-11)13-9-1-2-22(9)5-40-44(36,37)42-10-3-8(4-39-45(38,46)43-15(22)14(13)34)41-20(10)33-18-12(30-31-33)19(35)29-21(24)28-18/h6-10,13-15,20,34H,1-5H2,(H,36,37)(H,38,46)(H2,23,25,26)(H3,24,28,29,35)/t8-,9+,10+,13+,14-,15-,20+,22?,45?/m0/s1. The van der Waals surface area contributed by atoms with E-state index in [1.54, 1.807) is 4.57 Å². The molecule has 6 heterocycles. The number of nitrogens with two attached hydrogens (primary N) is 2. The Morgan fingerprint density at radius 2 is 1.96 bits per heavy atom. The van der Waals surface area contributed by atoms with E-state index in [4.69, 9.17) is 46.1 Å². The van der Waals surface area contributed by atoms with Crippen molar-refractivity contribution in [1.29, 1.82) is 0 Å². The van der Waals surface area contributed by atoms with Gasteiger partial charge in [0.2, 0.25) is 5.95 Å². The summed E-state index contributed by atoms with van der Waals surface area (Å²) in [6.45, 7) is -4.80. The molecule has 1 spiro atoms. The maximum atomic E-state index is 13.5. The molecule has 2 bridgehead atoms. The maximum absolute atomic E-state index is 13.5. The number of hydrogen-bond acceptors (Lipinski definition) is 17. The van der Waals surface area contributed by atoms with Crippen molar-refractivity contribution in [3.8, 4) is 0 Å². The predicted molar refractivity (Wildman–Crippen MR) is 157 cm³/mol. The second kappa shape index (κ2) is 10.5. The molecule has 8 N–H and O–H groups in total. The van der Waals surface area contributed by atoms with Crippen LogP contribution in [0.15, 0.2) is 17.4 Å². The Kier molecular flexibility index (Phi) is 6.92. The van der Waals surface area contributed by atoms with E-state index >= 15 is 0 Å². The molecule has 4 fully saturated rings. The summed E-state index contributed by atoms with van der Waals surface area (Å²) in [7, 11) is -4.85. The molecule has 2 saturated carbocycles. The molecule has 2 aliphatic carbocycles. The molecule has 4 aromatic rings. The Labute approximate surface area is 262 Å². The molecule has 4 aliphatic rings. The van der Waals surface area contributed by atoms with Gasteiger partial charge in [0.05, 0.1) is 31.7 Å². The van der Waals surface area contributed by atoms with Crippen LogP contribution in [-0.2, 0) is 39.2 Å². The zero-order valence-corrected chi connectivity index (χ0v) is 26.1. The molecule has 24 heteroatoms. The predicted octanol–water partition coefficient (Wildman–Crippen LogP) is -0.747. The summed E-state index contributed by atoms with van der Waals surface area (Å²) < 4.78 is 45.2. The molecule has 2 aliphatic heterocycles. The van der Waals surface area contributed by atoms with Gasteiger partial charge in [0.1, 0.15) is 30.2 Å². The van der Waals surface area contributed by atoms with Crippen LogP contribution in [0.25, 0.3) is 22.3 Å². The summed E-state index contributed by atoms with van der Waals surface area (Å²) >= 11 is 5.37. The first kappa shape index (κ1) is 30.3. The molecule has 10 atom stereocenters. The van der Waals surface area contributed by atoms with Crippen LogP contribution >= 0.6 is 14.5 Å². The first-order valence-electron chi connectivity index (χ1n) is 14.0. The Bertz CT molecular complexity index is 2030. The van der Waals surface area contributed by atoms with E-state index < -0.39 is 74.7 Å². The summed E-state index contributed by atoms with van der Waals surface area (Å²) in [5.74, 6) is -0.461. The highest BCUT2D eigenvalue weighted by Crippen LogP contribution is 2.67. The van der Waals surface area contributed by atoms with Crippen LogP contribution in [0.1, 0.15) is 31.5 Å². The third-order valence-electron chi connectivity index (χ3n) is 9.18. The number of nitrogens with zero attached hydrogens (tertiary/aromatic N) is 8. The summed E-state index contributed by atoms with van der Waals surface area (Å²) in [4.78, 5) is 53.5. The molecule has 46 heavy (non-hydrogen) atoms. The van der Waals surface area contributed by atoms with E-state index in [0.29, 0.717) is 24.0 Å². The summed E-state index contributed by atoms with van der Waals surface area (Å²) in [5, 5.41) is 19.5. The fraction of sp³-hybridized carbons (Fsp3) is 0.591. The maximum Gasteiger partial charge on any atom is 0.472 e. The highest BCUT2D eigenvalue weighted by atomic mass is 32.5. The molecule has 246 valence electrons. The van der Waals surface area contributed by atoms with Crippen LogP contribution in [0, 0.1) is 11.3 Å². The Morgan fingerprint density at radius 1 is 1.13 bits per heavy atom. The van der Waals surface area contributed by atoms with Crippen molar-refractivity contribution >= 4 is 60.4 Å². The van der Waals surface area contributed by atoms with E-state index in [1.165, 1.54) is 12.7 Å². The molecule has 8 rings (SSSR count). The van der Waals surface area contributed by atoms with Crippen molar-refractivity contribution in [3.05, 3.63) is 23.0 Å². The SMILES string of the molecule is Nc1nc2c(nnn2[C@@H]2O[C@@H]3COP(O)(=S)O[C@H]4[C@@H](O)[C@H](n5cnc6c(N)ncnc65)[C@H]5CCC54COP(=O)(O)O[C@@H]2C3)c(=O)[nH]1. The normalized spacial score (nSPS) is 39.7. The van der Waals surface area contributed by atoms with Gasteiger partial charge in [0.15, 0.2) is 28.9 Å². The first-order chi connectivity index (χ1) is 21.9. The van der Waals surface area contributed by atoms with Gasteiger partial charge in [-0.05, 0) is 30.6 Å². The van der Waals surface area contributed by atoms with Crippen molar-refractivity contribution in [2.45, 2.75) is 55.9 Å². The summed E-state index contributed by atoms with van der Waals surface area (Å²) in [5.41, 5.74) is 10.4. The van der Waals surface area contributed by atoms with Gasteiger partial charge in [-0.25, -0.2) is 19.5 Å². The largest absolute Gasteiger partial charge is 0.472 e. The van der Waals surface area contributed by atoms with Gasteiger partial charge >= 0.3 is 14.5 Å². The minimum absolute atomic E-state index is 0.0471. The zero-order valence-electron chi connectivity index (χ0n) is 23.5. The number of aliphatic hydroxyl groups is 1. The van der Waals surface area contributed by atoms with Gasteiger partial charge < -0.3 is 44.7 Å². The van der Waals surface area contributed by atoms with Gasteiger partial charge in [0.25, 0.3) is 5.56 Å². The lowest BCUT2D eigenvalue weighted by atomic mass is 9.60. The van der Waals surface area contributed by atoms with Gasteiger partial charge in [-0.1, -0.05) is 5.21 Å². The molecule has 21 nitrogen and oxygen atoms in total. The third kappa shape index (κ3) is 4.71. The van der Waals surface area contributed by atoms with Gasteiger partial charge in [-0.2, -0.15) is 9.67 Å². The topological polar surface area (TPSA) is 296 Å². The second-order valence-corrected chi connectivity index (χ2v) is 15.9. The fourth-order valence-electron chi connectivity index (χ4n) is 7.09. The number of H-pyrrole nitrogens is 1. The van der Waals surface area contributed by atoms with Crippen LogP contribution < -0.4 is 17.0 Å². The number of rotatable bonds is 2. The van der Waals surface area contributed by atoms with Crippen LogP contribution in [0.5, 0.6) is 0 Å². The van der Waals surface area contributed by atoms with E-state index in [9.17, 15) is 24.3 Å². The van der Waals surface area contributed by atoms with E-state index in [1.807, 2.05) is 0 Å². The molecular formula is C22H27N11O10P2S. The molecular weight excluding hydrogens is 672 g/mol. The second-order valence-electron chi connectivity index (χ2n) is 11.7. The minimum atomic E-state index is -4.85. The average Bonchev–Trinajstić information content (AvgIpc) is 3.72. The molecule has 0 radical (unpaired) electrons. The lowest BCUT2D eigenvalue weighted by Crippen LogP contribution is -2.50. The lowest BCUT2D eigenvalue weighted by molar-refractivity contribution is -0.101. The number of aromatic amines is 1. The Balaban J connectivity index is 1.14. The van der Waals surface area contributed by atoms with Gasteiger partial charge in [-0.15, -0.1) is 5.10 Å². The van der Waals surface area contributed by atoms with E-state index in [-0.39, 0.29) is 36.0 Å². The third-order valence-corrected chi connectivity index (χ3v) is 11.7. The number of anilines is 2. The van der Waals surface area contributed by atoms with Gasteiger partial charge in [-0.3, -0.25) is 18.8 Å². The molecule has 4 aromatic heterocycles. The highest BCUT2D eigenvalue weighted by molar-refractivity contribution is 8.07. The Hall–Kier alpha value is -3.01. The summed E-state index contributed by atoms with van der Waals surface area (Å²) in [6, 6.07) is -0.712.